The molecule has 2 heterocycles. The van der Waals surface area contributed by atoms with Crippen LogP contribution in [0.4, 0.5) is 0 Å². The molecule has 0 unspecified atom stereocenters. The summed E-state index contributed by atoms with van der Waals surface area (Å²) >= 11 is 0. The number of carbonyl (C=O) groups excluding carboxylic acids is 2. The quantitative estimate of drug-likeness (QED) is 0.776. The highest BCUT2D eigenvalue weighted by Gasteiger charge is 2.35. The first-order valence-electron chi connectivity index (χ1n) is 8.05. The molecule has 2 aliphatic heterocycles. The molecular formula is C18H20N2O5. The molecule has 1 atom stereocenters. The van der Waals surface area contributed by atoms with Gasteiger partial charge in [0.05, 0.1) is 14.2 Å². The lowest BCUT2D eigenvalue weighted by molar-refractivity contribution is -0.141. The largest absolute Gasteiger partial charge is 0.497 e. The van der Waals surface area contributed by atoms with E-state index in [-0.39, 0.29) is 18.0 Å². The molecule has 7 heteroatoms. The molecule has 1 amide bonds. The van der Waals surface area contributed by atoms with E-state index in [0.717, 1.165) is 17.7 Å². The van der Waals surface area contributed by atoms with Crippen LogP contribution in [0, 0.1) is 0 Å². The molecule has 0 saturated carbocycles. The highest BCUT2D eigenvalue weighted by Crippen LogP contribution is 2.25. The average Bonchev–Trinajstić information content (AvgIpc) is 3.17. The number of amides is 1. The zero-order valence-electron chi connectivity index (χ0n) is 14.2. The fraction of sp³-hybridized carbons (Fsp3) is 0.389. The molecule has 0 fully saturated rings. The molecule has 1 aromatic rings. The van der Waals surface area contributed by atoms with Gasteiger partial charge in [-0.15, -0.1) is 0 Å². The Balaban J connectivity index is 1.59. The van der Waals surface area contributed by atoms with Crippen molar-refractivity contribution in [2.24, 2.45) is 5.16 Å². The van der Waals surface area contributed by atoms with Crippen LogP contribution in [0.25, 0.3) is 5.57 Å². The molecule has 0 aromatic heterocycles. The van der Waals surface area contributed by atoms with E-state index < -0.39 is 12.1 Å². The number of hydrogen-bond donors (Lipinski definition) is 0. The van der Waals surface area contributed by atoms with E-state index in [2.05, 4.69) is 9.89 Å². The normalized spacial score (nSPS) is 19.6. The van der Waals surface area contributed by atoms with Crippen molar-refractivity contribution in [2.75, 3.05) is 27.3 Å². The lowest BCUT2D eigenvalue weighted by Gasteiger charge is -2.28. The number of ether oxygens (including phenoxy) is 2. The van der Waals surface area contributed by atoms with Gasteiger partial charge in [-0.05, 0) is 29.7 Å². The molecule has 0 saturated heterocycles. The fourth-order valence-corrected chi connectivity index (χ4v) is 2.89. The van der Waals surface area contributed by atoms with E-state index in [1.807, 2.05) is 30.3 Å². The molecule has 0 radical (unpaired) electrons. The third kappa shape index (κ3) is 3.65. The molecule has 7 nitrogen and oxygen atoms in total. The van der Waals surface area contributed by atoms with E-state index in [0.29, 0.717) is 13.1 Å². The molecule has 25 heavy (non-hydrogen) atoms. The Hall–Kier alpha value is -2.83. The van der Waals surface area contributed by atoms with Crippen LogP contribution in [-0.2, 0) is 19.2 Å². The maximum atomic E-state index is 12.5. The summed E-state index contributed by atoms with van der Waals surface area (Å²) in [6, 6.07) is 7.87. The minimum atomic E-state index is -0.745. The standard InChI is InChI=1S/C18H20N2O5/c1-23-14-5-3-12(4-6-14)13-7-9-20(10-8-13)17(21)16-11-15(19-25-16)18(22)24-2/h3-7,16H,8-11H2,1-2H3/t16-/m1/s1. The fourth-order valence-electron chi connectivity index (χ4n) is 2.89. The second-order valence-corrected chi connectivity index (χ2v) is 5.82. The molecular weight excluding hydrogens is 324 g/mol. The summed E-state index contributed by atoms with van der Waals surface area (Å²) in [6.45, 7) is 1.11. The van der Waals surface area contributed by atoms with Gasteiger partial charge in [0, 0.05) is 19.5 Å². The molecule has 0 bridgehead atoms. The Labute approximate surface area is 145 Å². The maximum Gasteiger partial charge on any atom is 0.355 e. The van der Waals surface area contributed by atoms with Crippen LogP contribution >= 0.6 is 0 Å². The first-order valence-corrected chi connectivity index (χ1v) is 8.05. The molecule has 0 N–H and O–H groups in total. The van der Waals surface area contributed by atoms with Crippen LogP contribution in [0.15, 0.2) is 35.5 Å². The lowest BCUT2D eigenvalue weighted by atomic mass is 9.99. The van der Waals surface area contributed by atoms with Crippen LogP contribution in [-0.4, -0.2) is 55.9 Å². The molecule has 3 rings (SSSR count). The van der Waals surface area contributed by atoms with Gasteiger partial charge in [-0.1, -0.05) is 23.4 Å². The summed E-state index contributed by atoms with van der Waals surface area (Å²) in [7, 11) is 2.91. The predicted octanol–water partition coefficient (Wildman–Crippen LogP) is 1.63. The van der Waals surface area contributed by atoms with Crippen molar-refractivity contribution in [3.63, 3.8) is 0 Å². The van der Waals surface area contributed by atoms with Crippen LogP contribution in [0.1, 0.15) is 18.4 Å². The van der Waals surface area contributed by atoms with Gasteiger partial charge in [-0.2, -0.15) is 0 Å². The van der Waals surface area contributed by atoms with Gasteiger partial charge in [0.1, 0.15) is 5.75 Å². The van der Waals surface area contributed by atoms with E-state index >= 15 is 0 Å². The average molecular weight is 344 g/mol. The summed E-state index contributed by atoms with van der Waals surface area (Å²) in [6.07, 6.45) is 2.21. The van der Waals surface area contributed by atoms with Crippen molar-refractivity contribution in [3.8, 4) is 5.75 Å². The zero-order valence-corrected chi connectivity index (χ0v) is 14.2. The Morgan fingerprint density at radius 2 is 2.00 bits per heavy atom. The lowest BCUT2D eigenvalue weighted by Crippen LogP contribution is -2.41. The highest BCUT2D eigenvalue weighted by molar-refractivity contribution is 6.37. The van der Waals surface area contributed by atoms with Gasteiger partial charge in [-0.3, -0.25) is 4.79 Å². The van der Waals surface area contributed by atoms with Crippen LogP contribution < -0.4 is 4.74 Å². The van der Waals surface area contributed by atoms with Gasteiger partial charge < -0.3 is 19.2 Å². The third-order valence-corrected chi connectivity index (χ3v) is 4.35. The summed E-state index contributed by atoms with van der Waals surface area (Å²) in [5.41, 5.74) is 2.47. The predicted molar refractivity (Wildman–Crippen MR) is 91.1 cm³/mol. The summed E-state index contributed by atoms with van der Waals surface area (Å²) in [4.78, 5) is 30.8. The smallest absolute Gasteiger partial charge is 0.355 e. The number of rotatable bonds is 4. The van der Waals surface area contributed by atoms with Crippen LogP contribution in [0.3, 0.4) is 0 Å². The zero-order chi connectivity index (χ0) is 17.8. The molecule has 132 valence electrons. The number of hydrogen-bond acceptors (Lipinski definition) is 6. The second-order valence-electron chi connectivity index (χ2n) is 5.82. The Kier molecular flexibility index (Phi) is 5.02. The Bertz CT molecular complexity index is 723. The van der Waals surface area contributed by atoms with Gasteiger partial charge >= 0.3 is 5.97 Å². The van der Waals surface area contributed by atoms with Crippen molar-refractivity contribution in [3.05, 3.63) is 35.9 Å². The maximum absolute atomic E-state index is 12.5. The van der Waals surface area contributed by atoms with Gasteiger partial charge in [0.25, 0.3) is 5.91 Å². The van der Waals surface area contributed by atoms with E-state index in [1.165, 1.54) is 12.7 Å². The summed E-state index contributed by atoms with van der Waals surface area (Å²) in [5.74, 6) is 0.0973. The number of carbonyl (C=O) groups is 2. The van der Waals surface area contributed by atoms with Crippen molar-refractivity contribution in [1.82, 2.24) is 4.90 Å². The number of nitrogens with zero attached hydrogens (tertiary/aromatic N) is 2. The van der Waals surface area contributed by atoms with Crippen molar-refractivity contribution < 1.29 is 23.9 Å². The SMILES string of the molecule is COC(=O)C1=NO[C@@H](C(=O)N2CC=C(c3ccc(OC)cc3)CC2)C1. The number of esters is 1. The topological polar surface area (TPSA) is 77.4 Å². The van der Waals surface area contributed by atoms with E-state index in [4.69, 9.17) is 9.57 Å². The summed E-state index contributed by atoms with van der Waals surface area (Å²) in [5, 5.41) is 3.65. The van der Waals surface area contributed by atoms with Gasteiger partial charge in [0.15, 0.2) is 5.71 Å². The van der Waals surface area contributed by atoms with Crippen molar-refractivity contribution in [1.29, 1.82) is 0 Å². The Morgan fingerprint density at radius 3 is 2.60 bits per heavy atom. The Morgan fingerprint density at radius 1 is 1.24 bits per heavy atom. The molecule has 0 spiro atoms. The third-order valence-electron chi connectivity index (χ3n) is 4.35. The minimum absolute atomic E-state index is 0.146. The number of oxime groups is 1. The molecule has 0 aliphatic carbocycles. The first kappa shape index (κ1) is 17.0. The first-order chi connectivity index (χ1) is 12.1. The van der Waals surface area contributed by atoms with Crippen molar-refractivity contribution >= 4 is 23.2 Å². The van der Waals surface area contributed by atoms with E-state index in [1.54, 1.807) is 12.0 Å². The minimum Gasteiger partial charge on any atom is -0.497 e. The highest BCUT2D eigenvalue weighted by atomic mass is 16.7. The number of methoxy groups -OCH3 is 2. The van der Waals surface area contributed by atoms with E-state index in [9.17, 15) is 9.59 Å². The number of benzene rings is 1. The van der Waals surface area contributed by atoms with Gasteiger partial charge in [-0.25, -0.2) is 4.79 Å². The van der Waals surface area contributed by atoms with Crippen LogP contribution in [0.2, 0.25) is 0 Å². The molecule has 2 aliphatic rings. The monoisotopic (exact) mass is 344 g/mol. The van der Waals surface area contributed by atoms with Gasteiger partial charge in [0.2, 0.25) is 6.10 Å². The van der Waals surface area contributed by atoms with Crippen molar-refractivity contribution in [2.45, 2.75) is 18.9 Å². The summed E-state index contributed by atoms with van der Waals surface area (Å²) < 4.78 is 9.76. The van der Waals surface area contributed by atoms with Crippen LogP contribution in [0.5, 0.6) is 5.75 Å². The molecule has 1 aromatic carbocycles. The second kappa shape index (κ2) is 7.38.